The van der Waals surface area contributed by atoms with Crippen molar-refractivity contribution in [2.24, 2.45) is 0 Å². The number of nitrogens with one attached hydrogen (secondary N) is 1. The summed E-state index contributed by atoms with van der Waals surface area (Å²) in [6, 6.07) is 38.5. The largest absolute Gasteiger partial charge is 0.314 e. The van der Waals surface area contributed by atoms with Gasteiger partial charge in [-0.3, -0.25) is 4.90 Å². The van der Waals surface area contributed by atoms with Crippen LogP contribution in [0.5, 0.6) is 0 Å². The van der Waals surface area contributed by atoms with Crippen LogP contribution < -0.4 is 5.32 Å². The molecule has 0 saturated carbocycles. The molecule has 2 heterocycles. The maximum atomic E-state index is 3.49. The highest BCUT2D eigenvalue weighted by molar-refractivity contribution is 9.10. The summed E-state index contributed by atoms with van der Waals surface area (Å²) < 4.78 is 2.28. The number of nitrogens with zero attached hydrogens (tertiary/aromatic N) is 1. The molecule has 2 saturated heterocycles. The van der Waals surface area contributed by atoms with E-state index in [4.69, 9.17) is 0 Å². The Morgan fingerprint density at radius 2 is 1.20 bits per heavy atom. The van der Waals surface area contributed by atoms with Gasteiger partial charge in [0.25, 0.3) is 0 Å². The molecule has 0 radical (unpaired) electrons. The van der Waals surface area contributed by atoms with Gasteiger partial charge in [0, 0.05) is 69.0 Å². The fourth-order valence-corrected chi connectivity index (χ4v) is 7.93. The van der Waals surface area contributed by atoms with E-state index in [2.05, 4.69) is 179 Å². The molecule has 2 aliphatic heterocycles. The van der Waals surface area contributed by atoms with Crippen molar-refractivity contribution in [1.82, 2.24) is 10.2 Å². The number of hydrogen-bond acceptors (Lipinski definition) is 4. The smallest absolute Gasteiger partial charge is 0.0425 e. The summed E-state index contributed by atoms with van der Waals surface area (Å²) in [5, 5.41) is 5.62. The van der Waals surface area contributed by atoms with Crippen molar-refractivity contribution in [3.05, 3.63) is 140 Å². The maximum Gasteiger partial charge on any atom is 0.0425 e. The van der Waals surface area contributed by atoms with Crippen molar-refractivity contribution >= 4 is 71.3 Å². The van der Waals surface area contributed by atoms with Crippen LogP contribution in [0.25, 0.3) is 0 Å². The number of rotatable bonds is 5. The molecule has 0 bridgehead atoms. The molecule has 216 valence electrons. The molecule has 4 aromatic rings. The number of halogens is 3. The molecule has 1 N–H and O–H groups in total. The Hall–Kier alpha value is -1.06. The highest BCUT2D eigenvalue weighted by atomic mass is 79.9. The van der Waals surface area contributed by atoms with Crippen LogP contribution in [0.3, 0.4) is 0 Å². The fourth-order valence-electron chi connectivity index (χ4n) is 4.58. The first-order valence-corrected chi connectivity index (χ1v) is 18.7. The molecule has 2 fully saturated rings. The Kier molecular flexibility index (Phi) is 14.9. The van der Waals surface area contributed by atoms with Gasteiger partial charge in [-0.05, 0) is 46.5 Å². The van der Waals surface area contributed by atoms with Crippen molar-refractivity contribution in [3.8, 4) is 0 Å². The lowest BCUT2D eigenvalue weighted by Gasteiger charge is -2.32. The Morgan fingerprint density at radius 1 is 0.659 bits per heavy atom. The first-order valence-electron chi connectivity index (χ1n) is 13.9. The van der Waals surface area contributed by atoms with Crippen LogP contribution >= 0.6 is 71.3 Å². The molecule has 0 spiro atoms. The van der Waals surface area contributed by atoms with Crippen LogP contribution in [0.15, 0.2) is 118 Å². The van der Waals surface area contributed by atoms with Gasteiger partial charge in [-0.2, -0.15) is 23.5 Å². The molecule has 0 aromatic heterocycles. The van der Waals surface area contributed by atoms with Crippen LogP contribution in [0, 0.1) is 0 Å². The minimum absolute atomic E-state index is 0.611. The minimum Gasteiger partial charge on any atom is -0.314 e. The van der Waals surface area contributed by atoms with Gasteiger partial charge in [0.1, 0.15) is 0 Å². The molecule has 4 aromatic carbocycles. The van der Waals surface area contributed by atoms with Crippen molar-refractivity contribution in [2.75, 3.05) is 37.7 Å². The fraction of sp³-hybridized carbons (Fsp3) is 0.294. The van der Waals surface area contributed by atoms with Crippen molar-refractivity contribution in [3.63, 3.8) is 0 Å². The molecule has 7 heteroatoms. The van der Waals surface area contributed by atoms with Crippen LogP contribution in [0.1, 0.15) is 32.8 Å². The van der Waals surface area contributed by atoms with Crippen molar-refractivity contribution in [2.45, 2.75) is 22.4 Å². The van der Waals surface area contributed by atoms with Crippen molar-refractivity contribution in [1.29, 1.82) is 0 Å². The van der Waals surface area contributed by atoms with Crippen LogP contribution in [0.2, 0.25) is 0 Å². The first kappa shape index (κ1) is 32.8. The summed E-state index contributed by atoms with van der Waals surface area (Å²) in [4.78, 5) is 2.57. The zero-order valence-corrected chi connectivity index (χ0v) is 29.5. The van der Waals surface area contributed by atoms with Gasteiger partial charge in [0.05, 0.1) is 0 Å². The Bertz CT molecular complexity index is 1250. The molecule has 2 atom stereocenters. The maximum absolute atomic E-state index is 3.49. The van der Waals surface area contributed by atoms with Gasteiger partial charge in [-0.15, -0.1) is 0 Å². The van der Waals surface area contributed by atoms with Gasteiger partial charge in [-0.1, -0.05) is 133 Å². The molecular weight excluding hydrogens is 740 g/mol. The molecule has 2 aliphatic rings. The highest BCUT2D eigenvalue weighted by Crippen LogP contribution is 2.33. The predicted octanol–water partition coefficient (Wildman–Crippen LogP) is 10.1. The van der Waals surface area contributed by atoms with Crippen LogP contribution in [-0.2, 0) is 11.9 Å². The summed E-state index contributed by atoms with van der Waals surface area (Å²) in [5.74, 6) is 2.45. The molecule has 0 amide bonds. The third-order valence-electron chi connectivity index (χ3n) is 6.81. The average molecular weight is 778 g/mol. The zero-order chi connectivity index (χ0) is 28.7. The van der Waals surface area contributed by atoms with E-state index in [0.717, 1.165) is 40.5 Å². The molecular formula is C34H37Br3N2S2. The third-order valence-corrected chi connectivity index (χ3v) is 11.0. The quantitative estimate of drug-likeness (QED) is 0.203. The lowest BCUT2D eigenvalue weighted by molar-refractivity contribution is 0.275. The standard InChI is InChI=1S/C17H18BrNS.C10H13NS.C7H6Br2/c18-16-8-6-14(7-9-16)12-19-10-11-20-17(13-19)15-4-2-1-3-5-15;1-2-4-9(5-3-1)10-8-11-6-7-12-10;8-5-6-1-3-7(9)4-2-6/h1-9,17H,10-13H2;1-5,10-11H,6-8H2;1-4H,5H2. The summed E-state index contributed by atoms with van der Waals surface area (Å²) >= 11 is 14.4. The second kappa shape index (κ2) is 18.6. The minimum atomic E-state index is 0.611. The van der Waals surface area contributed by atoms with Gasteiger partial charge in [0.15, 0.2) is 0 Å². The van der Waals surface area contributed by atoms with Gasteiger partial charge in [-0.25, -0.2) is 0 Å². The van der Waals surface area contributed by atoms with E-state index >= 15 is 0 Å². The van der Waals surface area contributed by atoms with E-state index < -0.39 is 0 Å². The highest BCUT2D eigenvalue weighted by Gasteiger charge is 2.21. The molecule has 0 aliphatic carbocycles. The topological polar surface area (TPSA) is 15.3 Å². The van der Waals surface area contributed by atoms with Gasteiger partial charge in [0.2, 0.25) is 0 Å². The van der Waals surface area contributed by atoms with Gasteiger partial charge >= 0.3 is 0 Å². The van der Waals surface area contributed by atoms with Crippen molar-refractivity contribution < 1.29 is 0 Å². The Balaban J connectivity index is 0.000000156. The normalized spacial score (nSPS) is 18.8. The monoisotopic (exact) mass is 774 g/mol. The second-order valence-electron chi connectivity index (χ2n) is 9.87. The summed E-state index contributed by atoms with van der Waals surface area (Å²) in [5.41, 5.74) is 5.61. The van der Waals surface area contributed by atoms with E-state index in [9.17, 15) is 0 Å². The zero-order valence-electron chi connectivity index (χ0n) is 23.1. The summed E-state index contributed by atoms with van der Waals surface area (Å²) in [6.45, 7) is 5.66. The number of alkyl halides is 1. The molecule has 6 rings (SSSR count). The van der Waals surface area contributed by atoms with E-state index in [0.29, 0.717) is 10.5 Å². The van der Waals surface area contributed by atoms with Crippen LogP contribution in [-0.4, -0.2) is 42.6 Å². The first-order chi connectivity index (χ1) is 20.1. The third kappa shape index (κ3) is 11.9. The van der Waals surface area contributed by atoms with E-state index in [1.165, 1.54) is 40.3 Å². The molecule has 41 heavy (non-hydrogen) atoms. The lowest BCUT2D eigenvalue weighted by Crippen LogP contribution is -2.33. The number of benzene rings is 4. The summed E-state index contributed by atoms with van der Waals surface area (Å²) in [7, 11) is 0. The lowest BCUT2D eigenvalue weighted by atomic mass is 10.1. The Labute approximate surface area is 279 Å². The predicted molar refractivity (Wildman–Crippen MR) is 192 cm³/mol. The number of thioether (sulfide) groups is 2. The SMILES string of the molecule is BrCc1ccc(Br)cc1.Brc1ccc(CN2CCSC(c3ccccc3)C2)cc1.c1ccc(C2CNCCS2)cc1. The molecule has 2 unspecified atom stereocenters. The van der Waals surface area contributed by atoms with E-state index in [-0.39, 0.29) is 0 Å². The second-order valence-corrected chi connectivity index (χ2v) is 14.9. The van der Waals surface area contributed by atoms with E-state index in [1.54, 1.807) is 0 Å². The Morgan fingerprint density at radius 3 is 1.73 bits per heavy atom. The van der Waals surface area contributed by atoms with Crippen LogP contribution in [0.4, 0.5) is 0 Å². The number of hydrogen-bond donors (Lipinski definition) is 1. The summed E-state index contributed by atoms with van der Waals surface area (Å²) in [6.07, 6.45) is 0. The van der Waals surface area contributed by atoms with E-state index in [1.807, 2.05) is 12.1 Å². The average Bonchev–Trinajstić information content (AvgIpc) is 3.05. The van der Waals surface area contributed by atoms with Gasteiger partial charge < -0.3 is 5.32 Å². The molecule has 2 nitrogen and oxygen atoms in total.